The molecule has 0 spiro atoms. The molecule has 0 amide bonds. The maximum Gasteiger partial charge on any atom is 0.306 e. The van der Waals surface area contributed by atoms with Crippen molar-refractivity contribution in [1.29, 1.82) is 0 Å². The van der Waals surface area contributed by atoms with E-state index in [1.54, 1.807) is 0 Å². The number of rotatable bonds is 59. The Morgan fingerprint density at radius 3 is 0.803 bits per heavy atom. The highest BCUT2D eigenvalue weighted by Gasteiger charge is 2.19. The molecule has 1 unspecified atom stereocenters. The standard InChI is InChI=1S/C65H126O6/c1-6-8-9-10-11-12-13-14-15-16-17-18-19-26-32-37-42-47-52-57-65(68)71-62(59-70-64(67)56-51-46-41-36-31-27-22-23-28-33-38-43-48-53-60(3)4)58-69-63(66)55-50-45-40-35-30-25-21-20-24-29-34-39-44-49-54-61(5)7-2/h60-62H,6-59H2,1-5H3/t61?,62-/m1/s1. The van der Waals surface area contributed by atoms with Crippen molar-refractivity contribution < 1.29 is 28.6 Å². The van der Waals surface area contributed by atoms with Gasteiger partial charge in [0.1, 0.15) is 13.2 Å². The van der Waals surface area contributed by atoms with E-state index in [2.05, 4.69) is 34.6 Å². The van der Waals surface area contributed by atoms with Crippen LogP contribution in [-0.2, 0) is 28.6 Å². The molecule has 0 bridgehead atoms. The molecule has 0 aliphatic rings. The average molecular weight is 1000 g/mol. The van der Waals surface area contributed by atoms with Gasteiger partial charge in [0.25, 0.3) is 0 Å². The predicted octanol–water partition coefficient (Wildman–Crippen LogP) is 21.6. The summed E-state index contributed by atoms with van der Waals surface area (Å²) in [5, 5.41) is 0. The highest BCUT2D eigenvalue weighted by molar-refractivity contribution is 5.71. The zero-order valence-corrected chi connectivity index (χ0v) is 48.9. The zero-order chi connectivity index (χ0) is 51.8. The first-order chi connectivity index (χ1) is 34.8. The van der Waals surface area contributed by atoms with Gasteiger partial charge >= 0.3 is 17.9 Å². The molecule has 6 nitrogen and oxygen atoms in total. The van der Waals surface area contributed by atoms with Crippen molar-refractivity contribution in [3.05, 3.63) is 0 Å². The van der Waals surface area contributed by atoms with Gasteiger partial charge in [0, 0.05) is 19.3 Å². The molecule has 0 fully saturated rings. The first kappa shape index (κ1) is 69.4. The van der Waals surface area contributed by atoms with Gasteiger partial charge in [-0.15, -0.1) is 0 Å². The molecule has 0 saturated carbocycles. The molecule has 422 valence electrons. The van der Waals surface area contributed by atoms with Crippen molar-refractivity contribution in [1.82, 2.24) is 0 Å². The quantitative estimate of drug-likeness (QED) is 0.0343. The molecule has 6 heteroatoms. The summed E-state index contributed by atoms with van der Waals surface area (Å²) in [6.07, 6.45) is 63.8. The Labute approximate surface area is 444 Å². The molecule has 2 atom stereocenters. The van der Waals surface area contributed by atoms with E-state index in [0.717, 1.165) is 69.6 Å². The smallest absolute Gasteiger partial charge is 0.306 e. The van der Waals surface area contributed by atoms with Crippen LogP contribution in [0.15, 0.2) is 0 Å². The number of ether oxygens (including phenoxy) is 3. The lowest BCUT2D eigenvalue weighted by Crippen LogP contribution is -2.30. The number of carbonyl (C=O) groups is 3. The summed E-state index contributed by atoms with van der Waals surface area (Å²) < 4.78 is 17.0. The molecule has 0 aromatic rings. The highest BCUT2D eigenvalue weighted by atomic mass is 16.6. The SMILES string of the molecule is CCCCCCCCCCCCCCCCCCCCCC(=O)O[C@H](COC(=O)CCCCCCCCCCCCCCCCC(C)CC)COC(=O)CCCCCCCCCCCCCCCC(C)C. The van der Waals surface area contributed by atoms with Crippen molar-refractivity contribution >= 4 is 17.9 Å². The Kier molecular flexibility index (Phi) is 56.4. The normalized spacial score (nSPS) is 12.4. The van der Waals surface area contributed by atoms with Crippen LogP contribution in [0.3, 0.4) is 0 Å². The van der Waals surface area contributed by atoms with E-state index in [0.29, 0.717) is 19.3 Å². The van der Waals surface area contributed by atoms with Crippen LogP contribution in [-0.4, -0.2) is 37.2 Å². The Bertz CT molecular complexity index is 1090. The lowest BCUT2D eigenvalue weighted by molar-refractivity contribution is -0.167. The largest absolute Gasteiger partial charge is 0.462 e. The summed E-state index contributed by atoms with van der Waals surface area (Å²) in [6, 6.07) is 0. The van der Waals surface area contributed by atoms with Gasteiger partial charge in [0.15, 0.2) is 6.10 Å². The molecule has 0 radical (unpaired) electrons. The monoisotopic (exact) mass is 1000 g/mol. The third kappa shape index (κ3) is 57.5. The van der Waals surface area contributed by atoms with E-state index in [1.807, 2.05) is 0 Å². The zero-order valence-electron chi connectivity index (χ0n) is 48.9. The van der Waals surface area contributed by atoms with E-state index in [4.69, 9.17) is 14.2 Å². The molecule has 0 aliphatic carbocycles. The van der Waals surface area contributed by atoms with E-state index in [9.17, 15) is 14.4 Å². The Morgan fingerprint density at radius 2 is 0.535 bits per heavy atom. The number of hydrogen-bond donors (Lipinski definition) is 0. The third-order valence-electron chi connectivity index (χ3n) is 15.3. The summed E-state index contributed by atoms with van der Waals surface area (Å²) >= 11 is 0. The number of esters is 3. The van der Waals surface area contributed by atoms with Crippen LogP contribution in [0.25, 0.3) is 0 Å². The van der Waals surface area contributed by atoms with Gasteiger partial charge in [0.2, 0.25) is 0 Å². The Morgan fingerprint density at radius 1 is 0.296 bits per heavy atom. The first-order valence-electron chi connectivity index (χ1n) is 32.3. The first-order valence-corrected chi connectivity index (χ1v) is 32.3. The molecule has 0 aromatic heterocycles. The molecular weight excluding hydrogens is 877 g/mol. The van der Waals surface area contributed by atoms with E-state index >= 15 is 0 Å². The van der Waals surface area contributed by atoms with Crippen molar-refractivity contribution in [2.75, 3.05) is 13.2 Å². The third-order valence-corrected chi connectivity index (χ3v) is 15.3. The fourth-order valence-electron chi connectivity index (χ4n) is 10.1. The maximum absolute atomic E-state index is 12.9. The van der Waals surface area contributed by atoms with Crippen LogP contribution in [0.1, 0.15) is 369 Å². The van der Waals surface area contributed by atoms with Gasteiger partial charge in [-0.2, -0.15) is 0 Å². The van der Waals surface area contributed by atoms with Crippen molar-refractivity contribution in [2.24, 2.45) is 11.8 Å². The molecule has 0 heterocycles. The second-order valence-electron chi connectivity index (χ2n) is 23.1. The molecule has 0 aliphatic heterocycles. The Hall–Kier alpha value is -1.59. The summed E-state index contributed by atoms with van der Waals surface area (Å²) in [5.41, 5.74) is 0. The van der Waals surface area contributed by atoms with Crippen LogP contribution < -0.4 is 0 Å². The van der Waals surface area contributed by atoms with Crippen molar-refractivity contribution in [2.45, 2.75) is 375 Å². The van der Waals surface area contributed by atoms with E-state index in [-0.39, 0.29) is 31.1 Å². The molecule has 0 N–H and O–H groups in total. The van der Waals surface area contributed by atoms with E-state index in [1.165, 1.54) is 257 Å². The average Bonchev–Trinajstić information content (AvgIpc) is 3.36. The van der Waals surface area contributed by atoms with Crippen LogP contribution in [0, 0.1) is 11.8 Å². The lowest BCUT2D eigenvalue weighted by Gasteiger charge is -2.18. The van der Waals surface area contributed by atoms with Crippen LogP contribution in [0.2, 0.25) is 0 Å². The van der Waals surface area contributed by atoms with Crippen LogP contribution in [0.5, 0.6) is 0 Å². The minimum absolute atomic E-state index is 0.0619. The van der Waals surface area contributed by atoms with Gasteiger partial charge in [-0.1, -0.05) is 330 Å². The summed E-state index contributed by atoms with van der Waals surface area (Å²) in [7, 11) is 0. The van der Waals surface area contributed by atoms with Gasteiger partial charge in [-0.05, 0) is 31.1 Å². The molecule has 0 rings (SSSR count). The second-order valence-corrected chi connectivity index (χ2v) is 23.1. The van der Waals surface area contributed by atoms with Gasteiger partial charge in [-0.25, -0.2) is 0 Å². The maximum atomic E-state index is 12.9. The minimum Gasteiger partial charge on any atom is -0.462 e. The topological polar surface area (TPSA) is 78.9 Å². The fourth-order valence-corrected chi connectivity index (χ4v) is 10.1. The number of hydrogen-bond acceptors (Lipinski definition) is 6. The molecule has 71 heavy (non-hydrogen) atoms. The van der Waals surface area contributed by atoms with Gasteiger partial charge < -0.3 is 14.2 Å². The van der Waals surface area contributed by atoms with Gasteiger partial charge in [0.05, 0.1) is 0 Å². The molecule has 0 aromatic carbocycles. The van der Waals surface area contributed by atoms with Crippen molar-refractivity contribution in [3.63, 3.8) is 0 Å². The molecular formula is C65H126O6. The summed E-state index contributed by atoms with van der Waals surface area (Å²) in [6.45, 7) is 11.5. The number of carbonyl (C=O) groups excluding carboxylic acids is 3. The summed E-state index contributed by atoms with van der Waals surface area (Å²) in [5.74, 6) is 0.904. The minimum atomic E-state index is -0.764. The van der Waals surface area contributed by atoms with E-state index < -0.39 is 6.10 Å². The fraction of sp³-hybridized carbons (Fsp3) is 0.954. The van der Waals surface area contributed by atoms with Crippen LogP contribution in [0.4, 0.5) is 0 Å². The summed E-state index contributed by atoms with van der Waals surface area (Å²) in [4.78, 5) is 38.3. The second kappa shape index (κ2) is 57.7. The lowest BCUT2D eigenvalue weighted by atomic mass is 9.99. The Balaban J connectivity index is 4.29. The van der Waals surface area contributed by atoms with Crippen molar-refractivity contribution in [3.8, 4) is 0 Å². The highest BCUT2D eigenvalue weighted by Crippen LogP contribution is 2.19. The van der Waals surface area contributed by atoms with Crippen LogP contribution >= 0.6 is 0 Å². The molecule has 0 saturated heterocycles. The van der Waals surface area contributed by atoms with Gasteiger partial charge in [-0.3, -0.25) is 14.4 Å². The number of unbranched alkanes of at least 4 members (excludes halogenated alkanes) is 43. The predicted molar refractivity (Wildman–Crippen MR) is 307 cm³/mol.